The molecular formula is C20H19N5O2S2. The first-order chi connectivity index (χ1) is 14.0. The summed E-state index contributed by atoms with van der Waals surface area (Å²) in [5.74, 6) is 1.62. The molecule has 9 heteroatoms. The Bertz CT molecular complexity index is 1170. The Morgan fingerprint density at radius 3 is 2.76 bits per heavy atom. The summed E-state index contributed by atoms with van der Waals surface area (Å²) in [6.45, 7) is 2.04. The maximum Gasteiger partial charge on any atom is 0.236 e. The molecule has 0 unspecified atom stereocenters. The van der Waals surface area contributed by atoms with Crippen molar-refractivity contribution in [1.82, 2.24) is 19.7 Å². The number of nitrogens with one attached hydrogen (secondary N) is 1. The highest BCUT2D eigenvalue weighted by molar-refractivity contribution is 7.99. The van der Waals surface area contributed by atoms with E-state index in [1.807, 2.05) is 61.0 Å². The van der Waals surface area contributed by atoms with Crippen LogP contribution >= 0.6 is 23.1 Å². The molecule has 4 aromatic rings. The van der Waals surface area contributed by atoms with Gasteiger partial charge in [-0.2, -0.15) is 0 Å². The summed E-state index contributed by atoms with van der Waals surface area (Å²) in [5, 5.41) is 12.6. The minimum Gasteiger partial charge on any atom is -0.497 e. The van der Waals surface area contributed by atoms with E-state index in [1.165, 1.54) is 28.7 Å². The first-order valence-corrected chi connectivity index (χ1v) is 10.7. The van der Waals surface area contributed by atoms with Crippen LogP contribution < -0.4 is 10.1 Å². The van der Waals surface area contributed by atoms with Gasteiger partial charge in [-0.25, -0.2) is 4.98 Å². The fraction of sp³-hybridized carbons (Fsp3) is 0.200. The number of carbonyl (C=O) groups is 1. The van der Waals surface area contributed by atoms with Gasteiger partial charge in [-0.3, -0.25) is 4.79 Å². The Morgan fingerprint density at radius 1 is 1.21 bits per heavy atom. The average Bonchev–Trinajstić information content (AvgIpc) is 3.29. The Balaban J connectivity index is 1.40. The Labute approximate surface area is 176 Å². The highest BCUT2D eigenvalue weighted by Crippen LogP contribution is 2.29. The van der Waals surface area contributed by atoms with E-state index in [2.05, 4.69) is 20.5 Å². The van der Waals surface area contributed by atoms with Gasteiger partial charge < -0.3 is 14.6 Å². The molecule has 0 fully saturated rings. The van der Waals surface area contributed by atoms with Crippen LogP contribution in [0.15, 0.2) is 47.6 Å². The molecule has 0 aliphatic rings. The highest BCUT2D eigenvalue weighted by Gasteiger charge is 2.14. The van der Waals surface area contributed by atoms with E-state index in [1.54, 1.807) is 7.11 Å². The van der Waals surface area contributed by atoms with Crippen molar-refractivity contribution in [2.75, 3.05) is 18.2 Å². The topological polar surface area (TPSA) is 81.9 Å². The number of thiazole rings is 1. The summed E-state index contributed by atoms with van der Waals surface area (Å²) in [6.07, 6.45) is 0. The monoisotopic (exact) mass is 425 g/mol. The molecule has 0 aliphatic carbocycles. The molecule has 7 nitrogen and oxygen atoms in total. The number of thioether (sulfide) groups is 1. The van der Waals surface area contributed by atoms with Gasteiger partial charge in [0.05, 0.1) is 23.1 Å². The van der Waals surface area contributed by atoms with Crippen molar-refractivity contribution in [3.05, 3.63) is 48.0 Å². The quantitative estimate of drug-likeness (QED) is 0.468. The van der Waals surface area contributed by atoms with Crippen LogP contribution in [0.4, 0.5) is 5.13 Å². The zero-order valence-corrected chi connectivity index (χ0v) is 17.8. The molecule has 0 saturated carbocycles. The predicted molar refractivity (Wildman–Crippen MR) is 117 cm³/mol. The SMILES string of the molecule is COc1ccc2nc(NC(=O)CSc3nnc(-c4ccc(C)cc4)n3C)sc2c1. The number of fused-ring (bicyclic) bond motifs is 1. The number of carbonyl (C=O) groups excluding carboxylic acids is 1. The summed E-state index contributed by atoms with van der Waals surface area (Å²) >= 11 is 2.76. The Kier molecular flexibility index (Phi) is 5.50. The first kappa shape index (κ1) is 19.4. The van der Waals surface area contributed by atoms with Gasteiger partial charge in [0.25, 0.3) is 0 Å². The smallest absolute Gasteiger partial charge is 0.236 e. The minimum atomic E-state index is -0.138. The second-order valence-corrected chi connectivity index (χ2v) is 8.39. The number of aryl methyl sites for hydroxylation is 1. The van der Waals surface area contributed by atoms with Crippen LogP contribution in [-0.2, 0) is 11.8 Å². The largest absolute Gasteiger partial charge is 0.497 e. The molecule has 148 valence electrons. The molecule has 0 saturated heterocycles. The van der Waals surface area contributed by atoms with E-state index in [4.69, 9.17) is 4.74 Å². The van der Waals surface area contributed by atoms with E-state index in [-0.39, 0.29) is 11.7 Å². The number of anilines is 1. The zero-order valence-electron chi connectivity index (χ0n) is 16.2. The predicted octanol–water partition coefficient (Wildman–Crippen LogP) is 4.14. The minimum absolute atomic E-state index is 0.138. The van der Waals surface area contributed by atoms with E-state index < -0.39 is 0 Å². The number of aromatic nitrogens is 4. The number of hydrogen-bond donors (Lipinski definition) is 1. The van der Waals surface area contributed by atoms with Gasteiger partial charge in [-0.15, -0.1) is 10.2 Å². The second-order valence-electron chi connectivity index (χ2n) is 6.42. The van der Waals surface area contributed by atoms with Gasteiger partial charge in [-0.05, 0) is 25.1 Å². The maximum absolute atomic E-state index is 12.4. The van der Waals surface area contributed by atoms with E-state index >= 15 is 0 Å². The average molecular weight is 426 g/mol. The summed E-state index contributed by atoms with van der Waals surface area (Å²) < 4.78 is 8.08. The van der Waals surface area contributed by atoms with Crippen LogP contribution in [0.5, 0.6) is 5.75 Å². The standard InChI is InChI=1S/C20H19N5O2S2/c1-12-4-6-13(7-5-12)18-23-24-20(25(18)2)28-11-17(26)22-19-21-15-9-8-14(27-3)10-16(15)29-19/h4-10H,11H2,1-3H3,(H,21,22,26). The van der Waals surface area contributed by atoms with Crippen molar-refractivity contribution in [3.8, 4) is 17.1 Å². The molecule has 2 heterocycles. The van der Waals surface area contributed by atoms with Crippen LogP contribution in [0.25, 0.3) is 21.6 Å². The number of nitrogens with zero attached hydrogens (tertiary/aromatic N) is 4. The van der Waals surface area contributed by atoms with Crippen LogP contribution in [0, 0.1) is 6.92 Å². The van der Waals surface area contributed by atoms with Crippen LogP contribution in [0.3, 0.4) is 0 Å². The molecule has 0 bridgehead atoms. The van der Waals surface area contributed by atoms with Crippen molar-refractivity contribution in [2.24, 2.45) is 7.05 Å². The van der Waals surface area contributed by atoms with Crippen molar-refractivity contribution >= 4 is 44.4 Å². The van der Waals surface area contributed by atoms with Gasteiger partial charge in [0.15, 0.2) is 16.1 Å². The summed E-state index contributed by atoms with van der Waals surface area (Å²) in [5.41, 5.74) is 3.01. The van der Waals surface area contributed by atoms with Gasteiger partial charge in [0.1, 0.15) is 5.75 Å². The fourth-order valence-electron chi connectivity index (χ4n) is 2.77. The lowest BCUT2D eigenvalue weighted by atomic mass is 10.1. The Hall–Kier alpha value is -2.91. The molecule has 2 aromatic heterocycles. The van der Waals surface area contributed by atoms with Crippen LogP contribution in [0.1, 0.15) is 5.56 Å². The number of benzene rings is 2. The lowest BCUT2D eigenvalue weighted by Gasteiger charge is -2.04. The normalized spacial score (nSPS) is 11.0. The van der Waals surface area contributed by atoms with Gasteiger partial charge in [0.2, 0.25) is 5.91 Å². The number of methoxy groups -OCH3 is 1. The third kappa shape index (κ3) is 4.25. The second kappa shape index (κ2) is 8.22. The van der Waals surface area contributed by atoms with Crippen molar-refractivity contribution < 1.29 is 9.53 Å². The molecule has 0 aliphatic heterocycles. The van der Waals surface area contributed by atoms with Crippen molar-refractivity contribution in [2.45, 2.75) is 12.1 Å². The molecule has 1 amide bonds. The lowest BCUT2D eigenvalue weighted by Crippen LogP contribution is -2.14. The van der Waals surface area contributed by atoms with Gasteiger partial charge >= 0.3 is 0 Å². The fourth-order valence-corrected chi connectivity index (χ4v) is 4.39. The lowest BCUT2D eigenvalue weighted by molar-refractivity contribution is -0.113. The van der Waals surface area contributed by atoms with Crippen molar-refractivity contribution in [1.29, 1.82) is 0 Å². The van der Waals surface area contributed by atoms with E-state index in [0.717, 1.165) is 27.4 Å². The number of rotatable bonds is 6. The molecule has 29 heavy (non-hydrogen) atoms. The number of hydrogen-bond acceptors (Lipinski definition) is 7. The summed E-state index contributed by atoms with van der Waals surface area (Å²) in [4.78, 5) is 16.8. The third-order valence-corrected chi connectivity index (χ3v) is 6.27. The highest BCUT2D eigenvalue weighted by atomic mass is 32.2. The molecule has 4 rings (SSSR count). The summed E-state index contributed by atoms with van der Waals surface area (Å²) in [7, 11) is 3.52. The van der Waals surface area contributed by atoms with E-state index in [0.29, 0.717) is 10.3 Å². The first-order valence-electron chi connectivity index (χ1n) is 8.87. The number of amides is 1. The zero-order chi connectivity index (χ0) is 20.4. The Morgan fingerprint density at radius 2 is 2.00 bits per heavy atom. The third-order valence-electron chi connectivity index (χ3n) is 4.32. The van der Waals surface area contributed by atoms with E-state index in [9.17, 15) is 4.79 Å². The van der Waals surface area contributed by atoms with Gasteiger partial charge in [0, 0.05) is 12.6 Å². The van der Waals surface area contributed by atoms with Crippen LogP contribution in [0.2, 0.25) is 0 Å². The maximum atomic E-state index is 12.4. The van der Waals surface area contributed by atoms with Crippen LogP contribution in [-0.4, -0.2) is 38.5 Å². The molecule has 0 spiro atoms. The molecule has 1 N–H and O–H groups in total. The molecular weight excluding hydrogens is 406 g/mol. The van der Waals surface area contributed by atoms with Gasteiger partial charge in [-0.1, -0.05) is 52.9 Å². The molecule has 0 atom stereocenters. The molecule has 2 aromatic carbocycles. The van der Waals surface area contributed by atoms with Crippen molar-refractivity contribution in [3.63, 3.8) is 0 Å². The summed E-state index contributed by atoms with van der Waals surface area (Å²) in [6, 6.07) is 13.7. The number of ether oxygens (including phenoxy) is 1. The molecule has 0 radical (unpaired) electrons.